The van der Waals surface area contributed by atoms with Crippen LogP contribution in [0.15, 0.2) is 47.4 Å². The molecule has 8 nitrogen and oxygen atoms in total. The molecule has 0 saturated carbocycles. The fourth-order valence-corrected chi connectivity index (χ4v) is 5.61. The van der Waals surface area contributed by atoms with E-state index in [0.717, 1.165) is 31.2 Å². The molecule has 2 aromatic rings. The van der Waals surface area contributed by atoms with Crippen LogP contribution in [0.1, 0.15) is 41.6 Å². The van der Waals surface area contributed by atoms with Gasteiger partial charge in [0.05, 0.1) is 23.3 Å². The van der Waals surface area contributed by atoms with Gasteiger partial charge in [-0.15, -0.1) is 0 Å². The second-order valence-electron chi connectivity index (χ2n) is 7.92. The van der Waals surface area contributed by atoms with Gasteiger partial charge in [0, 0.05) is 19.5 Å². The summed E-state index contributed by atoms with van der Waals surface area (Å²) in [5.41, 5.74) is 1.39. The topological polar surface area (TPSA) is 102 Å². The van der Waals surface area contributed by atoms with Gasteiger partial charge in [-0.05, 0) is 42.7 Å². The third-order valence-corrected chi connectivity index (χ3v) is 7.71. The average molecular weight is 459 g/mol. The zero-order valence-electron chi connectivity index (χ0n) is 17.9. The Bertz CT molecular complexity index is 1120. The van der Waals surface area contributed by atoms with Crippen molar-refractivity contribution >= 4 is 27.6 Å². The maximum atomic E-state index is 13.2. The number of hydrogen-bond acceptors (Lipinski definition) is 6. The van der Waals surface area contributed by atoms with E-state index in [-0.39, 0.29) is 17.0 Å². The Morgan fingerprint density at radius 1 is 1.09 bits per heavy atom. The highest BCUT2D eigenvalue weighted by molar-refractivity contribution is 7.89. The summed E-state index contributed by atoms with van der Waals surface area (Å²) in [4.78, 5) is 25.2. The molecular weight excluding hydrogens is 432 g/mol. The van der Waals surface area contributed by atoms with Crippen LogP contribution in [0.25, 0.3) is 0 Å². The molecule has 170 valence electrons. The lowest BCUT2D eigenvalue weighted by Crippen LogP contribution is -2.38. The number of nitrogens with one attached hydrogen (secondary N) is 1. The fraction of sp³-hybridized carbons (Fsp3) is 0.391. The van der Waals surface area contributed by atoms with E-state index in [1.165, 1.54) is 29.6 Å². The Morgan fingerprint density at radius 3 is 2.53 bits per heavy atom. The van der Waals surface area contributed by atoms with Crippen LogP contribution >= 0.6 is 0 Å². The van der Waals surface area contributed by atoms with Gasteiger partial charge in [-0.1, -0.05) is 31.0 Å². The lowest BCUT2D eigenvalue weighted by Gasteiger charge is -2.24. The average Bonchev–Trinajstić information content (AvgIpc) is 3.09. The van der Waals surface area contributed by atoms with Crippen LogP contribution in [-0.2, 0) is 26.0 Å². The number of anilines is 1. The van der Waals surface area contributed by atoms with Gasteiger partial charge in [-0.25, -0.2) is 13.2 Å². The first-order valence-electron chi connectivity index (χ1n) is 10.7. The minimum Gasteiger partial charge on any atom is -0.495 e. The van der Waals surface area contributed by atoms with Gasteiger partial charge >= 0.3 is 5.97 Å². The Labute approximate surface area is 187 Å². The number of cyclic esters (lactones) is 1. The number of amides is 1. The summed E-state index contributed by atoms with van der Waals surface area (Å²) in [6, 6.07) is 11.4. The molecule has 1 N–H and O–H groups in total. The number of fused-ring (bicyclic) bond motifs is 1. The third-order valence-electron chi connectivity index (χ3n) is 5.82. The van der Waals surface area contributed by atoms with Gasteiger partial charge in [0.25, 0.3) is 5.91 Å². The summed E-state index contributed by atoms with van der Waals surface area (Å²) >= 11 is 0. The molecule has 1 atom stereocenters. The van der Waals surface area contributed by atoms with Gasteiger partial charge < -0.3 is 14.8 Å². The molecule has 0 radical (unpaired) electrons. The molecule has 2 aromatic carbocycles. The normalized spacial score (nSPS) is 19.4. The summed E-state index contributed by atoms with van der Waals surface area (Å²) in [5, 5.41) is 2.69. The first kappa shape index (κ1) is 22.3. The minimum absolute atomic E-state index is 0.0847. The molecule has 4 rings (SSSR count). The second kappa shape index (κ2) is 9.30. The van der Waals surface area contributed by atoms with E-state index in [4.69, 9.17) is 9.47 Å². The molecule has 1 amide bonds. The molecule has 1 unspecified atom stereocenters. The summed E-state index contributed by atoms with van der Waals surface area (Å²) in [7, 11) is -2.27. The van der Waals surface area contributed by atoms with Crippen LogP contribution in [0.3, 0.4) is 0 Å². The van der Waals surface area contributed by atoms with Crippen LogP contribution in [0.4, 0.5) is 5.69 Å². The van der Waals surface area contributed by atoms with Crippen molar-refractivity contribution in [2.75, 3.05) is 25.5 Å². The summed E-state index contributed by atoms with van der Waals surface area (Å²) in [5.74, 6) is -0.789. The summed E-state index contributed by atoms with van der Waals surface area (Å²) in [6.07, 6.45) is 2.90. The zero-order valence-corrected chi connectivity index (χ0v) is 18.7. The summed E-state index contributed by atoms with van der Waals surface area (Å²) < 4.78 is 38.4. The molecule has 9 heteroatoms. The van der Waals surface area contributed by atoms with Crippen molar-refractivity contribution in [2.45, 2.75) is 43.1 Å². The molecular formula is C23H26N2O6S. The van der Waals surface area contributed by atoms with Gasteiger partial charge in [0.2, 0.25) is 10.0 Å². The van der Waals surface area contributed by atoms with E-state index in [1.54, 1.807) is 24.3 Å². The Hall–Kier alpha value is -2.91. The van der Waals surface area contributed by atoms with E-state index in [1.807, 2.05) is 0 Å². The highest BCUT2D eigenvalue weighted by atomic mass is 32.2. The Kier molecular flexibility index (Phi) is 6.48. The zero-order chi connectivity index (χ0) is 22.7. The molecule has 0 bridgehead atoms. The number of rotatable bonds is 5. The molecule has 1 fully saturated rings. The number of benzene rings is 2. The lowest BCUT2D eigenvalue weighted by atomic mass is 9.98. The van der Waals surface area contributed by atoms with E-state index >= 15 is 0 Å². The maximum absolute atomic E-state index is 13.2. The Balaban J connectivity index is 1.57. The van der Waals surface area contributed by atoms with E-state index in [2.05, 4.69) is 5.32 Å². The highest BCUT2D eigenvalue weighted by Gasteiger charge is 2.32. The van der Waals surface area contributed by atoms with Crippen LogP contribution in [0, 0.1) is 0 Å². The second-order valence-corrected chi connectivity index (χ2v) is 9.86. The number of sulfonamides is 1. The number of methoxy groups -OCH3 is 1. The van der Waals surface area contributed by atoms with Crippen molar-refractivity contribution in [3.63, 3.8) is 0 Å². The van der Waals surface area contributed by atoms with E-state index in [9.17, 15) is 18.0 Å². The van der Waals surface area contributed by atoms with Crippen LogP contribution < -0.4 is 10.1 Å². The quantitative estimate of drug-likeness (QED) is 0.691. The van der Waals surface area contributed by atoms with Crippen molar-refractivity contribution in [3.8, 4) is 5.75 Å². The molecule has 0 aliphatic carbocycles. The molecule has 0 spiro atoms. The van der Waals surface area contributed by atoms with Gasteiger partial charge in [-0.2, -0.15) is 4.31 Å². The van der Waals surface area contributed by atoms with Crippen LogP contribution in [-0.4, -0.2) is 50.9 Å². The number of esters is 1. The van der Waals surface area contributed by atoms with Crippen molar-refractivity contribution in [3.05, 3.63) is 53.6 Å². The molecule has 2 heterocycles. The van der Waals surface area contributed by atoms with Crippen molar-refractivity contribution in [1.82, 2.24) is 4.31 Å². The number of hydrogen-bond donors (Lipinski definition) is 1. The molecule has 0 aromatic heterocycles. The van der Waals surface area contributed by atoms with Crippen molar-refractivity contribution < 1.29 is 27.5 Å². The Morgan fingerprint density at radius 2 is 1.81 bits per heavy atom. The standard InChI is InChI=1S/C23H26N2O6S/c1-30-20-11-10-17(32(28,29)25-12-6-2-3-7-13-25)15-19(20)24-22(26)21-14-16-8-4-5-9-18(16)23(27)31-21/h4-5,8-11,15,21H,2-3,6-7,12-14H2,1H3,(H,24,26). The molecule has 32 heavy (non-hydrogen) atoms. The molecule has 2 aliphatic heterocycles. The van der Waals surface area contributed by atoms with Gasteiger partial charge in [0.15, 0.2) is 6.10 Å². The predicted molar refractivity (Wildman–Crippen MR) is 118 cm³/mol. The minimum atomic E-state index is -3.70. The maximum Gasteiger partial charge on any atom is 0.339 e. The predicted octanol–water partition coefficient (Wildman–Crippen LogP) is 2.98. The lowest BCUT2D eigenvalue weighted by molar-refractivity contribution is -0.125. The SMILES string of the molecule is COc1ccc(S(=O)(=O)N2CCCCCC2)cc1NC(=O)C1Cc2ccccc2C(=O)O1. The van der Waals surface area contributed by atoms with Crippen LogP contribution in [0.2, 0.25) is 0 Å². The highest BCUT2D eigenvalue weighted by Crippen LogP contribution is 2.31. The van der Waals surface area contributed by atoms with Crippen molar-refractivity contribution in [1.29, 1.82) is 0 Å². The van der Waals surface area contributed by atoms with Crippen LogP contribution in [0.5, 0.6) is 5.75 Å². The van der Waals surface area contributed by atoms with Gasteiger partial charge in [-0.3, -0.25) is 4.79 Å². The molecule has 2 aliphatic rings. The number of ether oxygens (including phenoxy) is 2. The summed E-state index contributed by atoms with van der Waals surface area (Å²) in [6.45, 7) is 0.959. The third kappa shape index (κ3) is 4.49. The first-order chi connectivity index (χ1) is 15.4. The smallest absolute Gasteiger partial charge is 0.339 e. The number of carbonyl (C=O) groups is 2. The number of nitrogens with zero attached hydrogens (tertiary/aromatic N) is 1. The largest absolute Gasteiger partial charge is 0.495 e. The number of carbonyl (C=O) groups excluding carboxylic acids is 2. The first-order valence-corrected chi connectivity index (χ1v) is 12.1. The fourth-order valence-electron chi connectivity index (χ4n) is 4.07. The van der Waals surface area contributed by atoms with Crippen molar-refractivity contribution in [2.24, 2.45) is 0 Å². The van der Waals surface area contributed by atoms with E-state index in [0.29, 0.717) is 24.4 Å². The monoisotopic (exact) mass is 458 g/mol. The molecule has 1 saturated heterocycles. The van der Waals surface area contributed by atoms with E-state index < -0.39 is 28.0 Å². The van der Waals surface area contributed by atoms with Gasteiger partial charge in [0.1, 0.15) is 5.75 Å².